The highest BCUT2D eigenvalue weighted by atomic mass is 32.1. The van der Waals surface area contributed by atoms with Gasteiger partial charge in [-0.1, -0.05) is 47.6 Å². The minimum atomic E-state index is -1.39. The first-order chi connectivity index (χ1) is 15.4. The highest BCUT2D eigenvalue weighted by Crippen LogP contribution is 2.51. The Kier molecular flexibility index (Phi) is 7.07. The van der Waals surface area contributed by atoms with Gasteiger partial charge in [-0.3, -0.25) is 9.69 Å². The van der Waals surface area contributed by atoms with Gasteiger partial charge in [-0.2, -0.15) is 0 Å². The highest BCUT2D eigenvalue weighted by Gasteiger charge is 2.56. The summed E-state index contributed by atoms with van der Waals surface area (Å²) < 4.78 is 11.2. The van der Waals surface area contributed by atoms with Crippen LogP contribution < -0.4 is 4.74 Å². The zero-order valence-electron chi connectivity index (χ0n) is 20.4. The molecule has 1 aromatic heterocycles. The number of methoxy groups -OCH3 is 1. The van der Waals surface area contributed by atoms with Crippen LogP contribution in [0.3, 0.4) is 0 Å². The molecule has 0 spiro atoms. The molecule has 180 valence electrons. The van der Waals surface area contributed by atoms with Gasteiger partial charge >= 0.3 is 6.16 Å². The molecule has 1 aliphatic heterocycles. The lowest BCUT2D eigenvalue weighted by Gasteiger charge is -2.40. The van der Waals surface area contributed by atoms with E-state index in [-0.39, 0.29) is 29.2 Å². The number of benzene rings is 1. The molecule has 1 saturated heterocycles. The van der Waals surface area contributed by atoms with Gasteiger partial charge in [0.15, 0.2) is 5.72 Å². The van der Waals surface area contributed by atoms with E-state index in [1.165, 1.54) is 11.3 Å². The number of carboxylic acid groups (broad SMARTS) is 1. The van der Waals surface area contributed by atoms with Crippen LogP contribution in [0.1, 0.15) is 81.4 Å². The normalized spacial score (nSPS) is 23.1. The molecule has 3 rings (SSSR count). The second-order valence-electron chi connectivity index (χ2n) is 10.2. The molecular formula is C25H34N2O5S. The smallest absolute Gasteiger partial charge is 0.496 e. The monoisotopic (exact) mass is 474 g/mol. The first-order valence-electron chi connectivity index (χ1n) is 11.2. The maximum absolute atomic E-state index is 14.1. The fraction of sp³-hybridized carbons (Fsp3) is 0.560. The summed E-state index contributed by atoms with van der Waals surface area (Å²) in [6.45, 7) is 12.3. The Bertz CT molecular complexity index is 999. The first kappa shape index (κ1) is 25.0. The molecule has 2 aromatic rings. The number of carbonyl (C=O) groups excluding carboxylic acids is 1. The summed E-state index contributed by atoms with van der Waals surface area (Å²) in [4.78, 5) is 32.0. The fourth-order valence-electron chi connectivity index (χ4n) is 4.96. The van der Waals surface area contributed by atoms with Gasteiger partial charge in [0.25, 0.3) is 5.91 Å². The lowest BCUT2D eigenvalue weighted by atomic mass is 9.85. The van der Waals surface area contributed by atoms with Crippen molar-refractivity contribution in [1.82, 2.24) is 9.88 Å². The number of aromatic nitrogens is 1. The zero-order valence-corrected chi connectivity index (χ0v) is 21.2. The van der Waals surface area contributed by atoms with E-state index >= 15 is 0 Å². The third-order valence-corrected chi connectivity index (χ3v) is 6.93. The van der Waals surface area contributed by atoms with Gasteiger partial charge in [0, 0.05) is 30.0 Å². The molecule has 0 radical (unpaired) electrons. The molecule has 33 heavy (non-hydrogen) atoms. The van der Waals surface area contributed by atoms with Gasteiger partial charge < -0.3 is 14.6 Å². The second-order valence-corrected chi connectivity index (χ2v) is 11.2. The van der Waals surface area contributed by atoms with Crippen molar-refractivity contribution in [2.75, 3.05) is 7.11 Å². The molecule has 3 atom stereocenters. The van der Waals surface area contributed by atoms with Crippen LogP contribution in [-0.4, -0.2) is 39.9 Å². The Hall–Kier alpha value is -2.61. The Morgan fingerprint density at radius 1 is 1.33 bits per heavy atom. The van der Waals surface area contributed by atoms with Gasteiger partial charge in [0.2, 0.25) is 0 Å². The lowest BCUT2D eigenvalue weighted by Crippen LogP contribution is -2.52. The largest absolute Gasteiger partial charge is 0.507 e. The molecule has 7 nitrogen and oxygen atoms in total. The Labute approximate surface area is 199 Å². The van der Waals surface area contributed by atoms with Crippen LogP contribution in [0.4, 0.5) is 4.79 Å². The molecule has 2 heterocycles. The lowest BCUT2D eigenvalue weighted by molar-refractivity contribution is -0.108. The van der Waals surface area contributed by atoms with E-state index in [1.54, 1.807) is 30.3 Å². The van der Waals surface area contributed by atoms with E-state index in [2.05, 4.69) is 25.8 Å². The standard InChI is InChI=1S/C25H34N2O5S/c1-15(2)13-25(32-23(29)30)14-16(3)20(21-26-10-11-33-21)27(25)22(28)17-8-9-18(24(4,5)6)19(12-17)31-7/h8-12,15-16,20H,13-14H2,1-7H3,(H,29,30)/t16-,20-,25+/m1/s1. The van der Waals surface area contributed by atoms with Crippen LogP contribution in [0.5, 0.6) is 5.75 Å². The van der Waals surface area contributed by atoms with E-state index in [9.17, 15) is 14.7 Å². The number of rotatable bonds is 6. The maximum atomic E-state index is 14.1. The molecule has 1 N–H and O–H groups in total. The molecule has 8 heteroatoms. The third-order valence-electron chi connectivity index (χ3n) is 6.08. The number of likely N-dealkylation sites (tertiary alicyclic amines) is 1. The molecule has 0 saturated carbocycles. The van der Waals surface area contributed by atoms with Gasteiger partial charge in [0.05, 0.1) is 13.2 Å². The summed E-state index contributed by atoms with van der Waals surface area (Å²) in [5.41, 5.74) is -0.0181. The van der Waals surface area contributed by atoms with E-state index in [0.717, 1.165) is 10.6 Å². The number of amides is 1. The van der Waals surface area contributed by atoms with Crippen LogP contribution in [0, 0.1) is 11.8 Å². The van der Waals surface area contributed by atoms with E-state index in [0.29, 0.717) is 24.2 Å². The maximum Gasteiger partial charge on any atom is 0.507 e. The van der Waals surface area contributed by atoms with Crippen LogP contribution in [-0.2, 0) is 10.2 Å². The predicted molar refractivity (Wildman–Crippen MR) is 128 cm³/mol. The molecule has 0 aliphatic carbocycles. The second kappa shape index (κ2) is 9.33. The number of carbonyl (C=O) groups is 2. The molecule has 1 aliphatic rings. The summed E-state index contributed by atoms with van der Waals surface area (Å²) in [6, 6.07) is 5.05. The van der Waals surface area contributed by atoms with Crippen molar-refractivity contribution in [3.05, 3.63) is 45.9 Å². The van der Waals surface area contributed by atoms with Crippen molar-refractivity contribution >= 4 is 23.4 Å². The summed E-state index contributed by atoms with van der Waals surface area (Å²) in [7, 11) is 1.59. The Morgan fingerprint density at radius 2 is 2.03 bits per heavy atom. The van der Waals surface area contributed by atoms with Gasteiger partial charge in [-0.15, -0.1) is 11.3 Å². The summed E-state index contributed by atoms with van der Waals surface area (Å²) in [5, 5.41) is 12.3. The topological polar surface area (TPSA) is 89.0 Å². The molecule has 0 bridgehead atoms. The molecular weight excluding hydrogens is 440 g/mol. The quantitative estimate of drug-likeness (QED) is 0.508. The molecule has 1 amide bonds. The van der Waals surface area contributed by atoms with Crippen LogP contribution in [0.15, 0.2) is 29.8 Å². The Morgan fingerprint density at radius 3 is 2.55 bits per heavy atom. The van der Waals surface area contributed by atoms with E-state index in [4.69, 9.17) is 9.47 Å². The number of ether oxygens (including phenoxy) is 2. The predicted octanol–water partition coefficient (Wildman–Crippen LogP) is 6.11. The van der Waals surface area contributed by atoms with Crippen molar-refractivity contribution < 1.29 is 24.2 Å². The molecule has 1 aromatic carbocycles. The van der Waals surface area contributed by atoms with Crippen molar-refractivity contribution in [3.63, 3.8) is 0 Å². The number of hydrogen-bond donors (Lipinski definition) is 1. The average Bonchev–Trinajstić information content (AvgIpc) is 3.31. The number of nitrogens with zero attached hydrogens (tertiary/aromatic N) is 2. The van der Waals surface area contributed by atoms with Crippen LogP contribution in [0.25, 0.3) is 0 Å². The van der Waals surface area contributed by atoms with Gasteiger partial charge in [0.1, 0.15) is 10.8 Å². The van der Waals surface area contributed by atoms with E-state index in [1.807, 2.05) is 32.2 Å². The number of hydrogen-bond acceptors (Lipinski definition) is 6. The average molecular weight is 475 g/mol. The minimum Gasteiger partial charge on any atom is -0.496 e. The Balaban J connectivity index is 2.16. The van der Waals surface area contributed by atoms with Crippen molar-refractivity contribution in [2.24, 2.45) is 11.8 Å². The van der Waals surface area contributed by atoms with Crippen molar-refractivity contribution in [2.45, 2.75) is 71.6 Å². The third kappa shape index (κ3) is 5.00. The van der Waals surface area contributed by atoms with Crippen molar-refractivity contribution in [3.8, 4) is 5.75 Å². The molecule has 0 unspecified atom stereocenters. The number of thiazole rings is 1. The first-order valence-corrected chi connectivity index (χ1v) is 12.1. The summed E-state index contributed by atoms with van der Waals surface area (Å²) >= 11 is 1.46. The van der Waals surface area contributed by atoms with Gasteiger partial charge in [-0.25, -0.2) is 9.78 Å². The van der Waals surface area contributed by atoms with E-state index < -0.39 is 11.9 Å². The van der Waals surface area contributed by atoms with Crippen LogP contribution >= 0.6 is 11.3 Å². The highest BCUT2D eigenvalue weighted by molar-refractivity contribution is 7.09. The fourth-order valence-corrected chi connectivity index (χ4v) is 5.82. The van der Waals surface area contributed by atoms with Gasteiger partial charge in [-0.05, 0) is 34.9 Å². The SMILES string of the molecule is COc1cc(C(=O)N2[C@@H](c3nccs3)[C@H](C)C[C@]2(CC(C)C)OC(=O)O)ccc1C(C)(C)C. The van der Waals surface area contributed by atoms with Crippen LogP contribution in [0.2, 0.25) is 0 Å². The summed E-state index contributed by atoms with van der Waals surface area (Å²) in [5.74, 6) is 0.411. The zero-order chi connectivity index (χ0) is 24.6. The summed E-state index contributed by atoms with van der Waals surface area (Å²) in [6.07, 6.45) is 1.12. The molecule has 1 fully saturated rings. The van der Waals surface area contributed by atoms with Crippen molar-refractivity contribution in [1.29, 1.82) is 0 Å². The minimum absolute atomic E-state index is 0.0334.